The Bertz CT molecular complexity index is 1450. The first kappa shape index (κ1) is 24.2. The Hall–Kier alpha value is -3.91. The van der Waals surface area contributed by atoms with Gasteiger partial charge in [0.25, 0.3) is 5.91 Å². The summed E-state index contributed by atoms with van der Waals surface area (Å²) in [6, 6.07) is 20.5. The third kappa shape index (κ3) is 5.96. The Morgan fingerprint density at radius 2 is 1.74 bits per heavy atom. The van der Waals surface area contributed by atoms with Gasteiger partial charge >= 0.3 is 11.6 Å². The van der Waals surface area contributed by atoms with Crippen molar-refractivity contribution >= 4 is 38.8 Å². The highest BCUT2D eigenvalue weighted by Crippen LogP contribution is 2.23. The number of nitrogens with one attached hydrogen (secondary N) is 1. The molecule has 178 valence electrons. The topological polar surface area (TPSA) is 94.8 Å². The fraction of sp³-hybridized carbons (Fsp3) is 0.148. The molecule has 7 nitrogen and oxygen atoms in total. The number of ether oxygens (including phenoxy) is 2. The van der Waals surface area contributed by atoms with Gasteiger partial charge < -0.3 is 19.2 Å². The van der Waals surface area contributed by atoms with Gasteiger partial charge in [0, 0.05) is 15.9 Å². The molecular formula is C27H22BrNO6. The molecular weight excluding hydrogens is 514 g/mol. The van der Waals surface area contributed by atoms with E-state index in [4.69, 9.17) is 13.9 Å². The fourth-order valence-electron chi connectivity index (χ4n) is 3.42. The number of carbonyl (C=O) groups is 2. The van der Waals surface area contributed by atoms with Crippen LogP contribution in [0.15, 0.2) is 86.5 Å². The molecule has 4 aromatic rings. The highest BCUT2D eigenvalue weighted by Gasteiger charge is 2.17. The molecule has 1 N–H and O–H groups in total. The van der Waals surface area contributed by atoms with Gasteiger partial charge in [-0.15, -0.1) is 0 Å². The van der Waals surface area contributed by atoms with Crippen molar-refractivity contribution in [3.8, 4) is 11.5 Å². The zero-order valence-corrected chi connectivity index (χ0v) is 20.6. The van der Waals surface area contributed by atoms with Gasteiger partial charge in [-0.1, -0.05) is 46.3 Å². The zero-order valence-electron chi connectivity index (χ0n) is 19.0. The maximum Gasteiger partial charge on any atom is 0.349 e. The highest BCUT2D eigenvalue weighted by atomic mass is 79.9. The Balaban J connectivity index is 1.43. The minimum absolute atomic E-state index is 0.108. The van der Waals surface area contributed by atoms with Crippen LogP contribution in [0.2, 0.25) is 0 Å². The number of hydrogen-bond donors (Lipinski definition) is 1. The van der Waals surface area contributed by atoms with Gasteiger partial charge in [0.05, 0.1) is 6.04 Å². The van der Waals surface area contributed by atoms with E-state index >= 15 is 0 Å². The second kappa shape index (κ2) is 10.6. The number of carbonyl (C=O) groups excluding carboxylic acids is 2. The summed E-state index contributed by atoms with van der Waals surface area (Å²) in [4.78, 5) is 37.4. The van der Waals surface area contributed by atoms with E-state index in [2.05, 4.69) is 21.2 Å². The molecule has 4 rings (SSSR count). The molecule has 1 heterocycles. The Labute approximate surface area is 209 Å². The lowest BCUT2D eigenvalue weighted by atomic mass is 10.1. The van der Waals surface area contributed by atoms with Gasteiger partial charge in [0.2, 0.25) is 0 Å². The van der Waals surface area contributed by atoms with Crippen LogP contribution in [-0.2, 0) is 4.79 Å². The van der Waals surface area contributed by atoms with Gasteiger partial charge in [-0.25, -0.2) is 9.59 Å². The zero-order chi connectivity index (χ0) is 24.9. The van der Waals surface area contributed by atoms with Gasteiger partial charge in [-0.05, 0) is 61.4 Å². The van der Waals surface area contributed by atoms with Crippen LogP contribution in [0.5, 0.6) is 11.5 Å². The lowest BCUT2D eigenvalue weighted by Crippen LogP contribution is -2.30. The van der Waals surface area contributed by atoms with E-state index in [-0.39, 0.29) is 29.5 Å². The monoisotopic (exact) mass is 535 g/mol. The molecule has 0 radical (unpaired) electrons. The third-order valence-corrected chi connectivity index (χ3v) is 6.21. The fourth-order valence-corrected chi connectivity index (χ4v) is 3.67. The standard InChI is InChI=1S/C27H22BrNO6/c1-16-12-20(10-11-23(16)28)33-15-25(30)34-21-9-8-19-13-22(27(32)35-24(19)14-21)26(31)29-17(2)18-6-4-3-5-7-18/h3-14,17H,15H2,1-2H3,(H,29,31). The van der Waals surface area contributed by atoms with E-state index in [1.54, 1.807) is 24.3 Å². The number of hydrogen-bond acceptors (Lipinski definition) is 6. The average molecular weight is 536 g/mol. The molecule has 0 aliphatic carbocycles. The molecule has 0 saturated heterocycles. The summed E-state index contributed by atoms with van der Waals surface area (Å²) in [6.07, 6.45) is 0. The number of rotatable bonds is 7. The highest BCUT2D eigenvalue weighted by molar-refractivity contribution is 9.10. The van der Waals surface area contributed by atoms with Crippen molar-refractivity contribution in [1.82, 2.24) is 5.32 Å². The summed E-state index contributed by atoms with van der Waals surface area (Å²) in [6.45, 7) is 3.46. The van der Waals surface area contributed by atoms with E-state index in [0.29, 0.717) is 11.1 Å². The average Bonchev–Trinajstić information content (AvgIpc) is 2.84. The van der Waals surface area contributed by atoms with Gasteiger partial charge in [0.15, 0.2) is 6.61 Å². The predicted molar refractivity (Wildman–Crippen MR) is 135 cm³/mol. The largest absolute Gasteiger partial charge is 0.482 e. The molecule has 0 saturated carbocycles. The molecule has 0 fully saturated rings. The second-order valence-electron chi connectivity index (χ2n) is 7.93. The molecule has 35 heavy (non-hydrogen) atoms. The van der Waals surface area contributed by atoms with E-state index < -0.39 is 17.5 Å². The smallest absolute Gasteiger partial charge is 0.349 e. The summed E-state index contributed by atoms with van der Waals surface area (Å²) < 4.78 is 17.1. The first-order valence-corrected chi connectivity index (χ1v) is 11.6. The summed E-state index contributed by atoms with van der Waals surface area (Å²) in [5.41, 5.74) is 1.19. The van der Waals surface area contributed by atoms with Crippen LogP contribution in [0.25, 0.3) is 11.0 Å². The Kier molecular flexibility index (Phi) is 7.31. The molecule has 0 spiro atoms. The SMILES string of the molecule is Cc1cc(OCC(=O)Oc2ccc3cc(C(=O)NC(C)c4ccccc4)c(=O)oc3c2)ccc1Br. The molecule has 3 aromatic carbocycles. The minimum atomic E-state index is -0.785. The molecule has 0 aliphatic rings. The van der Waals surface area contributed by atoms with Crippen molar-refractivity contribution in [2.75, 3.05) is 6.61 Å². The molecule has 1 amide bonds. The minimum Gasteiger partial charge on any atom is -0.482 e. The van der Waals surface area contributed by atoms with Crippen molar-refractivity contribution in [3.05, 3.63) is 104 Å². The van der Waals surface area contributed by atoms with Crippen molar-refractivity contribution in [1.29, 1.82) is 0 Å². The maximum atomic E-state index is 12.7. The number of aryl methyl sites for hydroxylation is 1. The van der Waals surface area contributed by atoms with Crippen LogP contribution in [0.1, 0.15) is 34.5 Å². The number of amides is 1. The molecule has 0 aliphatic heterocycles. The second-order valence-corrected chi connectivity index (χ2v) is 8.78. The van der Waals surface area contributed by atoms with E-state index in [1.807, 2.05) is 50.2 Å². The molecule has 1 aromatic heterocycles. The lowest BCUT2D eigenvalue weighted by molar-refractivity contribution is -0.136. The van der Waals surface area contributed by atoms with Crippen LogP contribution in [0.3, 0.4) is 0 Å². The van der Waals surface area contributed by atoms with E-state index in [1.165, 1.54) is 12.1 Å². The first-order valence-electron chi connectivity index (χ1n) is 10.8. The number of halogens is 1. The van der Waals surface area contributed by atoms with Crippen LogP contribution < -0.4 is 20.4 Å². The van der Waals surface area contributed by atoms with Crippen LogP contribution in [0.4, 0.5) is 0 Å². The van der Waals surface area contributed by atoms with Gasteiger partial charge in [-0.3, -0.25) is 4.79 Å². The summed E-state index contributed by atoms with van der Waals surface area (Å²) in [5.74, 6) is -0.415. The van der Waals surface area contributed by atoms with Crippen molar-refractivity contribution in [2.24, 2.45) is 0 Å². The lowest BCUT2D eigenvalue weighted by Gasteiger charge is -2.14. The molecule has 1 unspecified atom stereocenters. The first-order chi connectivity index (χ1) is 16.8. The summed E-state index contributed by atoms with van der Waals surface area (Å²) >= 11 is 3.41. The van der Waals surface area contributed by atoms with Crippen molar-refractivity contribution in [2.45, 2.75) is 19.9 Å². The molecule has 8 heteroatoms. The van der Waals surface area contributed by atoms with Crippen molar-refractivity contribution < 1.29 is 23.5 Å². The van der Waals surface area contributed by atoms with E-state index in [0.717, 1.165) is 15.6 Å². The normalized spacial score (nSPS) is 11.6. The third-order valence-electron chi connectivity index (χ3n) is 5.32. The Morgan fingerprint density at radius 1 is 1.00 bits per heavy atom. The summed E-state index contributed by atoms with van der Waals surface area (Å²) in [7, 11) is 0. The van der Waals surface area contributed by atoms with Gasteiger partial charge in [0.1, 0.15) is 22.6 Å². The van der Waals surface area contributed by atoms with Crippen LogP contribution in [0, 0.1) is 6.92 Å². The predicted octanol–water partition coefficient (Wildman–Crippen LogP) is 5.34. The number of esters is 1. The number of fused-ring (bicyclic) bond motifs is 1. The van der Waals surface area contributed by atoms with E-state index in [9.17, 15) is 14.4 Å². The van der Waals surface area contributed by atoms with Gasteiger partial charge in [-0.2, -0.15) is 0 Å². The quantitative estimate of drug-likeness (QED) is 0.195. The van der Waals surface area contributed by atoms with Crippen molar-refractivity contribution in [3.63, 3.8) is 0 Å². The Morgan fingerprint density at radius 3 is 2.49 bits per heavy atom. The van der Waals surface area contributed by atoms with Crippen LogP contribution in [-0.4, -0.2) is 18.5 Å². The molecule has 1 atom stereocenters. The number of benzene rings is 3. The van der Waals surface area contributed by atoms with Crippen LogP contribution >= 0.6 is 15.9 Å². The molecule has 0 bridgehead atoms. The summed E-state index contributed by atoms with van der Waals surface area (Å²) in [5, 5.41) is 3.32. The maximum absolute atomic E-state index is 12.7.